The third-order valence-corrected chi connectivity index (χ3v) is 5.00. The topological polar surface area (TPSA) is 202 Å². The molecular weight excluding hydrogens is 326 g/mol. The first kappa shape index (κ1) is 16.0. The molecule has 1 aliphatic heterocycles. The van der Waals surface area contributed by atoms with Crippen LogP contribution in [-0.2, 0) is 25.3 Å². The molecule has 0 aromatic rings. The summed E-state index contributed by atoms with van der Waals surface area (Å²) in [5, 5.41) is 37.6. The Labute approximate surface area is 115 Å². The Morgan fingerprint density at radius 3 is 1.85 bits per heavy atom. The van der Waals surface area contributed by atoms with Crippen LogP contribution in [0.3, 0.4) is 0 Å². The van der Waals surface area contributed by atoms with Gasteiger partial charge in [0.15, 0.2) is 6.29 Å². The Balaban J connectivity index is 3.29. The van der Waals surface area contributed by atoms with Gasteiger partial charge in [-0.15, -0.1) is 0 Å². The Morgan fingerprint density at radius 2 is 1.50 bits per heavy atom. The van der Waals surface area contributed by atoms with Crippen LogP contribution in [0.15, 0.2) is 0 Å². The molecule has 1 rings (SSSR count). The number of rotatable bonds is 4. The zero-order valence-corrected chi connectivity index (χ0v) is 11.1. The molecule has 12 nitrogen and oxygen atoms in total. The fourth-order valence-corrected chi connectivity index (χ4v) is 3.69. The Kier molecular flexibility index (Phi) is 4.59. The summed E-state index contributed by atoms with van der Waals surface area (Å²) in [6.07, 6.45) is -8.99. The number of ether oxygens (including phenoxy) is 1. The first-order valence-electron chi connectivity index (χ1n) is 5.40. The van der Waals surface area contributed by atoms with E-state index in [0.29, 0.717) is 0 Å². The second-order valence-corrected chi connectivity index (χ2v) is 6.60. The number of hydrogen-bond donors (Lipinski definition) is 6. The summed E-state index contributed by atoms with van der Waals surface area (Å²) in [6.45, 7) is -2.16. The molecule has 6 atom stereocenters. The molecule has 0 aromatic heterocycles. The van der Waals surface area contributed by atoms with E-state index in [2.05, 4.69) is 4.74 Å². The second-order valence-electron chi connectivity index (χ2n) is 3.79. The first-order valence-corrected chi connectivity index (χ1v) is 7.62. The van der Waals surface area contributed by atoms with Gasteiger partial charge in [0.2, 0.25) is 0 Å². The van der Waals surface area contributed by atoms with E-state index in [0.717, 1.165) is 0 Å². The van der Waals surface area contributed by atoms with E-state index in [-0.39, 0.29) is 0 Å². The van der Waals surface area contributed by atoms with Gasteiger partial charge in [-0.1, -0.05) is 0 Å². The smallest absolute Gasteiger partial charge is 0.351 e. The van der Waals surface area contributed by atoms with Gasteiger partial charge in [0, 0.05) is 0 Å². The van der Waals surface area contributed by atoms with Crippen molar-refractivity contribution >= 4 is 20.6 Å². The maximum Gasteiger partial charge on any atom is 0.351 e. The SMILES string of the molecule is [2H]C(O)[C@H]1OC(O)[C@H](N(S(=O)(=O)O)S(=O)(=O)O)[C@@H](O)[C@@H]1O. The standard InChI is InChI=1S/C6H13NO11S2/c8-1-2-4(9)5(10)3(6(11)18-2)7(19(12,13)14)20(15,16)17/h2-6,8-11H,1H2,(H,12,13,14)(H,15,16,17)/t2-,3-,4-,5-,6?/m1/s1/i1D/t1?,2-,3-,4-,5-,6?. The van der Waals surface area contributed by atoms with Gasteiger partial charge < -0.3 is 25.2 Å². The molecule has 1 saturated heterocycles. The lowest BCUT2D eigenvalue weighted by Crippen LogP contribution is -2.65. The van der Waals surface area contributed by atoms with Gasteiger partial charge in [-0.05, 0) is 3.71 Å². The van der Waals surface area contributed by atoms with Crippen LogP contribution < -0.4 is 0 Å². The molecule has 20 heavy (non-hydrogen) atoms. The van der Waals surface area contributed by atoms with E-state index in [1.807, 2.05) is 0 Å². The highest BCUT2D eigenvalue weighted by atomic mass is 32.3. The largest absolute Gasteiger partial charge is 0.394 e. The van der Waals surface area contributed by atoms with Crippen molar-refractivity contribution < 1.29 is 52.5 Å². The zero-order valence-electron chi connectivity index (χ0n) is 10.5. The van der Waals surface area contributed by atoms with Crippen molar-refractivity contribution in [2.75, 3.05) is 6.58 Å². The monoisotopic (exact) mass is 340 g/mol. The van der Waals surface area contributed by atoms with E-state index in [1.54, 1.807) is 0 Å². The lowest BCUT2D eigenvalue weighted by atomic mass is 9.98. The molecule has 0 bridgehead atoms. The quantitative estimate of drug-likeness (QED) is 0.270. The predicted octanol–water partition coefficient (Wildman–Crippen LogP) is -4.31. The summed E-state index contributed by atoms with van der Waals surface area (Å²) in [6, 6.07) is -2.54. The highest BCUT2D eigenvalue weighted by Gasteiger charge is 2.53. The highest BCUT2D eigenvalue weighted by Crippen LogP contribution is 2.27. The molecule has 0 amide bonds. The van der Waals surface area contributed by atoms with Crippen LogP contribution in [-0.4, -0.2) is 87.3 Å². The van der Waals surface area contributed by atoms with E-state index in [4.69, 9.17) is 15.6 Å². The molecule has 0 radical (unpaired) electrons. The second kappa shape index (κ2) is 5.76. The molecule has 14 heteroatoms. The summed E-state index contributed by atoms with van der Waals surface area (Å²) in [5.74, 6) is 0. The van der Waals surface area contributed by atoms with Gasteiger partial charge in [-0.25, -0.2) is 0 Å². The summed E-state index contributed by atoms with van der Waals surface area (Å²) >= 11 is 0. The Hall–Kier alpha value is -0.420. The molecule has 1 aliphatic rings. The van der Waals surface area contributed by atoms with Crippen molar-refractivity contribution in [2.24, 2.45) is 0 Å². The fourth-order valence-electron chi connectivity index (χ4n) is 1.67. The molecule has 0 aromatic carbocycles. The lowest BCUT2D eigenvalue weighted by Gasteiger charge is -2.42. The maximum atomic E-state index is 11.0. The van der Waals surface area contributed by atoms with Gasteiger partial charge >= 0.3 is 20.6 Å². The molecular formula is C6H13NO11S2. The van der Waals surface area contributed by atoms with Crippen LogP contribution in [0.2, 0.25) is 0 Å². The summed E-state index contributed by atoms with van der Waals surface area (Å²) in [5.41, 5.74) is 0. The van der Waals surface area contributed by atoms with Crippen LogP contribution in [0.25, 0.3) is 0 Å². The van der Waals surface area contributed by atoms with Gasteiger partial charge in [0.25, 0.3) is 0 Å². The van der Waals surface area contributed by atoms with Gasteiger partial charge in [-0.2, -0.15) is 16.8 Å². The number of hydrogen-bond acceptors (Lipinski definition) is 9. The molecule has 6 N–H and O–H groups in total. The molecule has 1 heterocycles. The van der Waals surface area contributed by atoms with Crippen LogP contribution in [0.5, 0.6) is 0 Å². The zero-order chi connectivity index (χ0) is 16.7. The molecule has 120 valence electrons. The van der Waals surface area contributed by atoms with Crippen molar-refractivity contribution in [3.63, 3.8) is 0 Å². The minimum absolute atomic E-state index is 1.06. The van der Waals surface area contributed by atoms with Crippen LogP contribution in [0.1, 0.15) is 1.37 Å². The predicted molar refractivity (Wildman–Crippen MR) is 58.7 cm³/mol. The maximum absolute atomic E-state index is 11.0. The average molecular weight is 340 g/mol. The van der Waals surface area contributed by atoms with E-state index in [9.17, 15) is 32.2 Å². The normalized spacial score (nSPS) is 38.5. The van der Waals surface area contributed by atoms with Crippen LogP contribution in [0.4, 0.5) is 0 Å². The fraction of sp³-hybridized carbons (Fsp3) is 1.00. The van der Waals surface area contributed by atoms with Gasteiger partial charge in [-0.3, -0.25) is 9.11 Å². The third kappa shape index (κ3) is 3.42. The average Bonchev–Trinajstić information content (AvgIpc) is 2.25. The first-order chi connectivity index (χ1) is 9.28. The van der Waals surface area contributed by atoms with E-state index in [1.165, 1.54) is 0 Å². The molecule has 2 unspecified atom stereocenters. The Bertz CT molecular complexity index is 544. The third-order valence-electron chi connectivity index (χ3n) is 2.47. The van der Waals surface area contributed by atoms with Crippen molar-refractivity contribution in [1.29, 1.82) is 0 Å². The minimum Gasteiger partial charge on any atom is -0.394 e. The van der Waals surface area contributed by atoms with Crippen LogP contribution in [0, 0.1) is 0 Å². The van der Waals surface area contributed by atoms with Crippen molar-refractivity contribution in [2.45, 2.75) is 30.6 Å². The lowest BCUT2D eigenvalue weighted by molar-refractivity contribution is -0.259. The van der Waals surface area contributed by atoms with E-state index < -0.39 is 61.5 Å². The number of nitrogens with zero attached hydrogens (tertiary/aromatic N) is 1. The molecule has 0 aliphatic carbocycles. The highest BCUT2D eigenvalue weighted by molar-refractivity contribution is 7.98. The summed E-state index contributed by atoms with van der Waals surface area (Å²) in [4.78, 5) is 0. The van der Waals surface area contributed by atoms with Crippen LogP contribution >= 0.6 is 0 Å². The number of aliphatic hydroxyl groups is 4. The number of aliphatic hydroxyl groups excluding tert-OH is 4. The molecule has 0 spiro atoms. The van der Waals surface area contributed by atoms with Crippen molar-refractivity contribution in [1.82, 2.24) is 3.71 Å². The van der Waals surface area contributed by atoms with Crippen molar-refractivity contribution in [3.05, 3.63) is 0 Å². The van der Waals surface area contributed by atoms with Crippen molar-refractivity contribution in [3.8, 4) is 0 Å². The summed E-state index contributed by atoms with van der Waals surface area (Å²) < 4.78 is 71.8. The minimum atomic E-state index is -5.67. The van der Waals surface area contributed by atoms with Gasteiger partial charge in [0.1, 0.15) is 24.4 Å². The summed E-state index contributed by atoms with van der Waals surface area (Å²) in [7, 11) is -11.3. The van der Waals surface area contributed by atoms with Gasteiger partial charge in [0.05, 0.1) is 7.95 Å². The Morgan fingerprint density at radius 1 is 1.05 bits per heavy atom. The van der Waals surface area contributed by atoms with E-state index >= 15 is 0 Å². The molecule has 1 fully saturated rings. The molecule has 0 saturated carbocycles.